The predicted octanol–water partition coefficient (Wildman–Crippen LogP) is -3.68. The van der Waals surface area contributed by atoms with Crippen LogP contribution in [-0.4, -0.2) is 31.4 Å². The van der Waals surface area contributed by atoms with Crippen molar-refractivity contribution in [2.75, 3.05) is 13.2 Å². The second-order valence-electron chi connectivity index (χ2n) is 1.98. The molecule has 0 aliphatic carbocycles. The van der Waals surface area contributed by atoms with Crippen LogP contribution in [0.2, 0.25) is 0 Å². The summed E-state index contributed by atoms with van der Waals surface area (Å²) in [5.41, 5.74) is 0. The first kappa shape index (κ1) is 10.9. The summed E-state index contributed by atoms with van der Waals surface area (Å²) in [5, 5.41) is -0.794. The molecule has 0 bridgehead atoms. The average Bonchev–Trinajstić information content (AvgIpc) is 2.08. The van der Waals surface area contributed by atoms with E-state index in [-0.39, 0.29) is 36.2 Å². The normalized spacial score (nSPS) is 25.9. The molecule has 1 aliphatic heterocycles. The van der Waals surface area contributed by atoms with Gasteiger partial charge in [-0.2, -0.15) is 0 Å². The molecule has 10 heavy (non-hydrogen) atoms. The van der Waals surface area contributed by atoms with E-state index in [1.165, 1.54) is 0 Å². The first-order chi connectivity index (χ1) is 4.11. The number of ether oxygens (including phenoxy) is 1. The van der Waals surface area contributed by atoms with Gasteiger partial charge in [-0.25, -0.2) is 8.42 Å². The van der Waals surface area contributed by atoms with Crippen molar-refractivity contribution in [2.24, 2.45) is 0 Å². The van der Waals surface area contributed by atoms with Gasteiger partial charge in [0.1, 0.15) is 0 Å². The van der Waals surface area contributed by atoms with Gasteiger partial charge in [-0.3, -0.25) is 0 Å². The molecule has 1 atom stereocenters. The van der Waals surface area contributed by atoms with Crippen molar-refractivity contribution in [3.8, 4) is 0 Å². The summed E-state index contributed by atoms with van der Waals surface area (Å²) < 4.78 is 35.3. The number of hydrogen-bond donors (Lipinski definition) is 0. The van der Waals surface area contributed by atoms with Crippen LogP contribution >= 0.6 is 0 Å². The van der Waals surface area contributed by atoms with Gasteiger partial charge >= 0.3 is 29.6 Å². The topological polar surface area (TPSA) is 66.4 Å². The maximum absolute atomic E-state index is 10.2. The van der Waals surface area contributed by atoms with Crippen molar-refractivity contribution in [2.45, 2.75) is 11.7 Å². The summed E-state index contributed by atoms with van der Waals surface area (Å²) in [6.45, 7) is 0.470. The minimum absolute atomic E-state index is 0. The van der Waals surface area contributed by atoms with Crippen molar-refractivity contribution < 1.29 is 47.3 Å². The zero-order chi connectivity index (χ0) is 6.91. The largest absolute Gasteiger partial charge is 1.00 e. The van der Waals surface area contributed by atoms with E-state index in [2.05, 4.69) is 0 Å². The van der Waals surface area contributed by atoms with Gasteiger partial charge in [-0.1, -0.05) is 0 Å². The van der Waals surface area contributed by atoms with Crippen molar-refractivity contribution >= 4 is 10.1 Å². The Balaban J connectivity index is 0.000000810. The van der Waals surface area contributed by atoms with Crippen LogP contribution in [0.25, 0.3) is 0 Å². The van der Waals surface area contributed by atoms with Crippen LogP contribution in [-0.2, 0) is 14.9 Å². The predicted molar refractivity (Wildman–Crippen MR) is 28.9 cm³/mol. The van der Waals surface area contributed by atoms with Crippen molar-refractivity contribution in [3.05, 3.63) is 0 Å². The van der Waals surface area contributed by atoms with Crippen LogP contribution in [0.3, 0.4) is 0 Å². The van der Waals surface area contributed by atoms with Gasteiger partial charge in [-0.05, 0) is 6.42 Å². The zero-order valence-electron chi connectivity index (χ0n) is 5.74. The molecule has 1 heterocycles. The SMILES string of the molecule is O=S(=O)([O-])C1CCOC1.[Na+]. The maximum atomic E-state index is 10.2. The minimum Gasteiger partial charge on any atom is -0.748 e. The van der Waals surface area contributed by atoms with Crippen molar-refractivity contribution in [1.29, 1.82) is 0 Å². The average molecular weight is 174 g/mol. The molecule has 6 heteroatoms. The second kappa shape index (κ2) is 4.04. The van der Waals surface area contributed by atoms with E-state index >= 15 is 0 Å². The fourth-order valence-electron chi connectivity index (χ4n) is 0.741. The number of hydrogen-bond acceptors (Lipinski definition) is 4. The van der Waals surface area contributed by atoms with Crippen LogP contribution < -0.4 is 29.6 Å². The summed E-state index contributed by atoms with van der Waals surface area (Å²) in [7, 11) is -4.08. The molecule has 54 valence electrons. The van der Waals surface area contributed by atoms with E-state index in [1.807, 2.05) is 0 Å². The quantitative estimate of drug-likeness (QED) is 0.303. The summed E-state index contributed by atoms with van der Waals surface area (Å²) in [6.07, 6.45) is 0.353. The van der Waals surface area contributed by atoms with E-state index in [4.69, 9.17) is 4.74 Å². The van der Waals surface area contributed by atoms with Crippen molar-refractivity contribution in [3.63, 3.8) is 0 Å². The maximum Gasteiger partial charge on any atom is 1.00 e. The first-order valence-corrected chi connectivity index (χ1v) is 4.10. The summed E-state index contributed by atoms with van der Waals surface area (Å²) in [4.78, 5) is 0. The van der Waals surface area contributed by atoms with Gasteiger partial charge in [0.15, 0.2) is 0 Å². The fourth-order valence-corrected chi connectivity index (χ4v) is 1.39. The third-order valence-corrected chi connectivity index (χ3v) is 2.48. The molecular weight excluding hydrogens is 167 g/mol. The van der Waals surface area contributed by atoms with Gasteiger partial charge in [-0.15, -0.1) is 0 Å². The molecule has 0 N–H and O–H groups in total. The van der Waals surface area contributed by atoms with Crippen LogP contribution in [0.15, 0.2) is 0 Å². The molecule has 1 aliphatic rings. The molecule has 0 radical (unpaired) electrons. The zero-order valence-corrected chi connectivity index (χ0v) is 8.56. The Bertz CT molecular complexity index is 181. The molecule has 1 rings (SSSR count). The van der Waals surface area contributed by atoms with Gasteiger partial charge < -0.3 is 9.29 Å². The van der Waals surface area contributed by atoms with Gasteiger partial charge in [0.25, 0.3) is 0 Å². The molecular formula is C4H7NaO4S. The molecule has 1 saturated heterocycles. The van der Waals surface area contributed by atoms with E-state index in [0.717, 1.165) is 0 Å². The summed E-state index contributed by atoms with van der Waals surface area (Å²) in [6, 6.07) is 0. The third kappa shape index (κ3) is 2.86. The summed E-state index contributed by atoms with van der Waals surface area (Å²) in [5.74, 6) is 0. The molecule has 0 saturated carbocycles. The van der Waals surface area contributed by atoms with Crippen LogP contribution in [0.1, 0.15) is 6.42 Å². The summed E-state index contributed by atoms with van der Waals surface area (Å²) >= 11 is 0. The second-order valence-corrected chi connectivity index (χ2v) is 3.63. The molecule has 1 unspecified atom stereocenters. The van der Waals surface area contributed by atoms with Crippen molar-refractivity contribution in [1.82, 2.24) is 0 Å². The van der Waals surface area contributed by atoms with E-state index in [9.17, 15) is 13.0 Å². The van der Waals surface area contributed by atoms with Crippen LogP contribution in [0.4, 0.5) is 0 Å². The molecule has 0 aromatic rings. The number of rotatable bonds is 1. The van der Waals surface area contributed by atoms with Crippen LogP contribution in [0, 0.1) is 0 Å². The molecule has 0 spiro atoms. The monoisotopic (exact) mass is 174 g/mol. The van der Waals surface area contributed by atoms with Gasteiger partial charge in [0, 0.05) is 6.61 Å². The Morgan fingerprint density at radius 3 is 2.30 bits per heavy atom. The molecule has 1 fully saturated rings. The van der Waals surface area contributed by atoms with E-state index in [1.54, 1.807) is 0 Å². The van der Waals surface area contributed by atoms with Gasteiger partial charge in [0.2, 0.25) is 0 Å². The Hall–Kier alpha value is 0.870. The first-order valence-electron chi connectivity index (χ1n) is 2.63. The molecule has 0 aromatic carbocycles. The Morgan fingerprint density at radius 2 is 2.10 bits per heavy atom. The van der Waals surface area contributed by atoms with E-state index < -0.39 is 15.4 Å². The fraction of sp³-hybridized carbons (Fsp3) is 1.00. The standard InChI is InChI=1S/C4H8O4S.Na/c5-9(6,7)4-1-2-8-3-4;/h4H,1-3H2,(H,5,6,7);/q;+1/p-1. The minimum atomic E-state index is -4.08. The third-order valence-electron chi connectivity index (χ3n) is 1.30. The van der Waals surface area contributed by atoms with Gasteiger partial charge in [0.05, 0.1) is 22.0 Å². The smallest absolute Gasteiger partial charge is 0.748 e. The molecule has 0 aromatic heterocycles. The molecule has 0 amide bonds. The Labute approximate surface area is 82.0 Å². The van der Waals surface area contributed by atoms with Crippen LogP contribution in [0.5, 0.6) is 0 Å². The van der Waals surface area contributed by atoms with E-state index in [0.29, 0.717) is 13.0 Å². The Kier molecular flexibility index (Phi) is 4.39. The molecule has 4 nitrogen and oxygen atoms in total. The Morgan fingerprint density at radius 1 is 1.50 bits per heavy atom.